The Hall–Kier alpha value is 0.194. The van der Waals surface area contributed by atoms with Gasteiger partial charge in [-0.15, -0.1) is 0 Å². The van der Waals surface area contributed by atoms with Crippen LogP contribution >= 0.6 is 0 Å². The molecule has 0 spiro atoms. The van der Waals surface area contributed by atoms with Crippen molar-refractivity contribution < 1.29 is 21.7 Å². The number of allylic oxidation sites excluding steroid dienone is 4. The predicted molar refractivity (Wildman–Crippen MR) is 66.3 cm³/mol. The van der Waals surface area contributed by atoms with E-state index < -0.39 is 0 Å². The molecule has 0 aromatic carbocycles. The van der Waals surface area contributed by atoms with Crippen LogP contribution < -0.4 is 0 Å². The minimum absolute atomic E-state index is 0. The second-order valence-corrected chi connectivity index (χ2v) is 3.53. The third-order valence-corrected chi connectivity index (χ3v) is 2.84. The molecule has 0 aromatic heterocycles. The minimum atomic E-state index is 0. The Morgan fingerprint density at radius 3 is 2.40 bits per heavy atom. The zero-order valence-electron chi connectivity index (χ0n) is 10.7. The monoisotopic (exact) mass is 240 g/mol. The summed E-state index contributed by atoms with van der Waals surface area (Å²) in [6, 6.07) is 0. The molecule has 2 rings (SSSR count). The van der Waals surface area contributed by atoms with Gasteiger partial charge in [0.05, 0.1) is 0 Å². The maximum absolute atomic E-state index is 3.45. The summed E-state index contributed by atoms with van der Waals surface area (Å²) >= 11 is 0. The molecule has 0 saturated heterocycles. The Labute approximate surface area is 112 Å². The fourth-order valence-electron chi connectivity index (χ4n) is 2.18. The molecule has 0 N–H and O–H groups in total. The first-order valence-electron chi connectivity index (χ1n) is 4.73. The second kappa shape index (κ2) is 9.42. The molecule has 0 aromatic rings. The Bertz CT molecular complexity index is 213. The molecule has 0 aliphatic heterocycles. The summed E-state index contributed by atoms with van der Waals surface area (Å²) in [7, 11) is 0. The zero-order valence-corrected chi connectivity index (χ0v) is 12.3. The van der Waals surface area contributed by atoms with Gasteiger partial charge in [0.15, 0.2) is 0 Å². The van der Waals surface area contributed by atoms with Crippen LogP contribution in [0.5, 0.6) is 0 Å². The molecule has 0 bridgehead atoms. The van der Waals surface area contributed by atoms with Gasteiger partial charge in [-0.1, -0.05) is 38.5 Å². The van der Waals surface area contributed by atoms with Crippen molar-refractivity contribution in [3.05, 3.63) is 45.6 Å². The molecule has 0 nitrogen and oxygen atoms in total. The summed E-state index contributed by atoms with van der Waals surface area (Å²) in [6.07, 6.45) is 12.4. The second-order valence-electron chi connectivity index (χ2n) is 3.53. The van der Waals surface area contributed by atoms with Gasteiger partial charge in [0.2, 0.25) is 0 Å². The largest absolute Gasteiger partial charge is 4.00 e. The van der Waals surface area contributed by atoms with Gasteiger partial charge in [-0.25, -0.2) is 6.08 Å². The van der Waals surface area contributed by atoms with Crippen LogP contribution in [0.1, 0.15) is 39.0 Å². The Morgan fingerprint density at radius 2 is 1.80 bits per heavy atom. The summed E-state index contributed by atoms with van der Waals surface area (Å²) in [5, 5.41) is 0. The van der Waals surface area contributed by atoms with Gasteiger partial charge in [-0.3, -0.25) is 6.08 Å². The molecule has 84 valence electrons. The van der Waals surface area contributed by atoms with Crippen LogP contribution in [-0.2, 0) is 21.7 Å². The molecule has 2 aliphatic carbocycles. The van der Waals surface area contributed by atoms with E-state index in [1.54, 1.807) is 11.1 Å². The molecule has 2 aliphatic rings. The Kier molecular flexibility index (Phi) is 12.9. The van der Waals surface area contributed by atoms with E-state index in [4.69, 9.17) is 0 Å². The standard InChI is InChI=1S/C11H15.3CH3.Ti/c1-2-9-7-8-10-5-3-4-6-11(9)10;;;;/h8-9H,2-6H2,1H3;3*1H3;/q4*-1;+4. The van der Waals surface area contributed by atoms with Gasteiger partial charge in [0.1, 0.15) is 0 Å². The maximum atomic E-state index is 3.45. The van der Waals surface area contributed by atoms with E-state index in [0.717, 1.165) is 0 Å². The predicted octanol–water partition coefficient (Wildman–Crippen LogP) is 4.60. The molecule has 0 radical (unpaired) electrons. The fourth-order valence-corrected chi connectivity index (χ4v) is 2.18. The molecule has 1 atom stereocenters. The van der Waals surface area contributed by atoms with Crippen LogP contribution in [0.4, 0.5) is 0 Å². The first-order chi connectivity index (χ1) is 5.42. The summed E-state index contributed by atoms with van der Waals surface area (Å²) in [4.78, 5) is 0. The average molecular weight is 240 g/mol. The van der Waals surface area contributed by atoms with Crippen molar-refractivity contribution in [3.8, 4) is 0 Å². The zero-order chi connectivity index (χ0) is 7.68. The van der Waals surface area contributed by atoms with Gasteiger partial charge in [0, 0.05) is 0 Å². The van der Waals surface area contributed by atoms with Crippen LogP contribution in [0.25, 0.3) is 0 Å². The van der Waals surface area contributed by atoms with E-state index in [1.165, 1.54) is 32.1 Å². The van der Waals surface area contributed by atoms with Crippen LogP contribution in [0, 0.1) is 34.3 Å². The molecule has 0 saturated carbocycles. The van der Waals surface area contributed by atoms with Gasteiger partial charge in [0.25, 0.3) is 0 Å². The summed E-state index contributed by atoms with van der Waals surface area (Å²) in [5.41, 5.74) is 3.32. The third kappa shape index (κ3) is 4.28. The van der Waals surface area contributed by atoms with Crippen molar-refractivity contribution >= 4 is 0 Å². The summed E-state index contributed by atoms with van der Waals surface area (Å²) in [6.45, 7) is 2.26. The molecule has 0 heterocycles. The molecular weight excluding hydrogens is 216 g/mol. The van der Waals surface area contributed by atoms with E-state index in [1.807, 2.05) is 0 Å². The first kappa shape index (κ1) is 20.6. The van der Waals surface area contributed by atoms with Gasteiger partial charge >= 0.3 is 21.7 Å². The average Bonchev–Trinajstić information content (AvgIpc) is 2.47. The Balaban J connectivity index is -0.000000360. The van der Waals surface area contributed by atoms with Crippen molar-refractivity contribution in [1.29, 1.82) is 0 Å². The third-order valence-electron chi connectivity index (χ3n) is 2.84. The van der Waals surface area contributed by atoms with Crippen molar-refractivity contribution in [2.45, 2.75) is 39.0 Å². The maximum Gasteiger partial charge on any atom is 4.00 e. The van der Waals surface area contributed by atoms with Crippen molar-refractivity contribution in [2.75, 3.05) is 0 Å². The van der Waals surface area contributed by atoms with Crippen molar-refractivity contribution in [2.24, 2.45) is 5.92 Å². The molecular formula is C14H24Ti. The SMILES string of the molecule is CCC1[C-]=CC2=C1CCCC2.[CH3-].[CH3-].[CH3-].[Ti+4]. The number of hydrogen-bond donors (Lipinski definition) is 0. The quantitative estimate of drug-likeness (QED) is 0.464. The number of rotatable bonds is 1. The molecule has 0 amide bonds. The molecule has 1 unspecified atom stereocenters. The van der Waals surface area contributed by atoms with Gasteiger partial charge in [-0.05, 0) is 6.42 Å². The van der Waals surface area contributed by atoms with Gasteiger partial charge in [-0.2, -0.15) is 11.1 Å². The molecule has 0 fully saturated rings. The van der Waals surface area contributed by atoms with E-state index in [-0.39, 0.29) is 44.0 Å². The molecule has 15 heavy (non-hydrogen) atoms. The topological polar surface area (TPSA) is 0 Å². The van der Waals surface area contributed by atoms with Crippen LogP contribution in [-0.4, -0.2) is 0 Å². The van der Waals surface area contributed by atoms with Crippen molar-refractivity contribution in [3.63, 3.8) is 0 Å². The Morgan fingerprint density at radius 1 is 1.20 bits per heavy atom. The first-order valence-corrected chi connectivity index (χ1v) is 4.73. The van der Waals surface area contributed by atoms with E-state index in [9.17, 15) is 0 Å². The summed E-state index contributed by atoms with van der Waals surface area (Å²) in [5.74, 6) is 0.685. The smallest absolute Gasteiger partial charge is 0.358 e. The fraction of sp³-hybridized carbons (Fsp3) is 0.500. The normalized spacial score (nSPS) is 21.5. The van der Waals surface area contributed by atoms with E-state index >= 15 is 0 Å². The number of hydrogen-bond acceptors (Lipinski definition) is 0. The van der Waals surface area contributed by atoms with E-state index in [0.29, 0.717) is 5.92 Å². The van der Waals surface area contributed by atoms with Gasteiger partial charge < -0.3 is 22.3 Å². The summed E-state index contributed by atoms with van der Waals surface area (Å²) < 4.78 is 0. The minimum Gasteiger partial charge on any atom is -0.358 e. The van der Waals surface area contributed by atoms with Crippen LogP contribution in [0.3, 0.4) is 0 Å². The van der Waals surface area contributed by atoms with Crippen molar-refractivity contribution in [1.82, 2.24) is 0 Å². The molecule has 1 heteroatoms. The van der Waals surface area contributed by atoms with Crippen LogP contribution in [0.15, 0.2) is 17.2 Å². The van der Waals surface area contributed by atoms with E-state index in [2.05, 4.69) is 19.1 Å². The van der Waals surface area contributed by atoms with Crippen LogP contribution in [0.2, 0.25) is 0 Å².